The molecule has 0 radical (unpaired) electrons. The van der Waals surface area contributed by atoms with Crippen LogP contribution in [0.5, 0.6) is 0 Å². The molecule has 2 aliphatic heterocycles. The van der Waals surface area contributed by atoms with Crippen molar-refractivity contribution >= 4 is 35.2 Å². The average Bonchev–Trinajstić information content (AvgIpc) is 2.87. The first-order valence-corrected chi connectivity index (χ1v) is 14.7. The molecule has 0 saturated carbocycles. The Bertz CT molecular complexity index is 1080. The number of carbonyl (C=O) groups is 2. The minimum atomic E-state index is -0.501. The molecule has 39 heavy (non-hydrogen) atoms. The van der Waals surface area contributed by atoms with E-state index >= 15 is 0 Å². The Kier molecular flexibility index (Phi) is 9.51. The van der Waals surface area contributed by atoms with E-state index in [1.54, 1.807) is 4.90 Å². The summed E-state index contributed by atoms with van der Waals surface area (Å²) in [6.07, 6.45) is 1.91. The third-order valence-corrected chi connectivity index (χ3v) is 8.29. The van der Waals surface area contributed by atoms with Gasteiger partial charge in [0.2, 0.25) is 5.91 Å². The molecule has 0 N–H and O–H groups in total. The number of rotatable bonds is 5. The van der Waals surface area contributed by atoms with Crippen molar-refractivity contribution in [1.82, 2.24) is 14.7 Å². The van der Waals surface area contributed by atoms with Gasteiger partial charge < -0.3 is 14.5 Å². The fourth-order valence-corrected chi connectivity index (χ4v) is 5.99. The Hall–Kier alpha value is -2.28. The van der Waals surface area contributed by atoms with E-state index in [2.05, 4.69) is 47.9 Å². The predicted molar refractivity (Wildman–Crippen MR) is 157 cm³/mol. The topological polar surface area (TPSA) is 53.1 Å². The van der Waals surface area contributed by atoms with Crippen LogP contribution in [0.1, 0.15) is 71.0 Å². The molecule has 0 bridgehead atoms. The first kappa shape index (κ1) is 29.7. The van der Waals surface area contributed by atoms with Gasteiger partial charge in [-0.15, -0.1) is 0 Å². The summed E-state index contributed by atoms with van der Waals surface area (Å²) in [4.78, 5) is 32.2. The van der Waals surface area contributed by atoms with E-state index < -0.39 is 5.60 Å². The smallest absolute Gasteiger partial charge is 0.410 e. The molecule has 212 valence electrons. The van der Waals surface area contributed by atoms with Crippen molar-refractivity contribution in [3.8, 4) is 0 Å². The van der Waals surface area contributed by atoms with E-state index in [1.165, 1.54) is 0 Å². The highest BCUT2D eigenvalue weighted by Crippen LogP contribution is 2.35. The first-order valence-electron chi connectivity index (χ1n) is 14.0. The van der Waals surface area contributed by atoms with E-state index in [1.807, 2.05) is 45.0 Å². The molecule has 0 aliphatic carbocycles. The van der Waals surface area contributed by atoms with Gasteiger partial charge >= 0.3 is 6.09 Å². The third kappa shape index (κ3) is 7.68. The summed E-state index contributed by atoms with van der Waals surface area (Å²) in [5.41, 5.74) is 1.83. The number of piperidine rings is 1. The van der Waals surface area contributed by atoms with Gasteiger partial charge in [0, 0.05) is 54.7 Å². The molecule has 2 aromatic rings. The van der Waals surface area contributed by atoms with Crippen LogP contribution >= 0.6 is 23.2 Å². The van der Waals surface area contributed by atoms with Crippen molar-refractivity contribution in [2.24, 2.45) is 5.92 Å². The molecule has 2 saturated heterocycles. The molecule has 2 heterocycles. The number of hydrogen-bond donors (Lipinski definition) is 0. The van der Waals surface area contributed by atoms with Gasteiger partial charge in [-0.05, 0) is 88.8 Å². The van der Waals surface area contributed by atoms with Crippen LogP contribution in [0.15, 0.2) is 48.5 Å². The number of carbonyl (C=O) groups excluding carboxylic acids is 2. The highest BCUT2D eigenvalue weighted by Gasteiger charge is 2.37. The Morgan fingerprint density at radius 3 is 1.87 bits per heavy atom. The van der Waals surface area contributed by atoms with Crippen molar-refractivity contribution in [3.63, 3.8) is 0 Å². The Morgan fingerprint density at radius 2 is 1.38 bits per heavy atom. The molecule has 2 aliphatic rings. The number of hydrogen-bond acceptors (Lipinski definition) is 4. The van der Waals surface area contributed by atoms with Gasteiger partial charge in [0.25, 0.3) is 0 Å². The molecule has 2 fully saturated rings. The maximum absolute atomic E-state index is 13.5. The second-order valence-electron chi connectivity index (χ2n) is 12.1. The minimum absolute atomic E-state index is 0.0337. The molecule has 2 atom stereocenters. The zero-order valence-corrected chi connectivity index (χ0v) is 25.2. The molecule has 2 aromatic carbocycles. The second kappa shape index (κ2) is 12.5. The Labute approximate surface area is 243 Å². The quantitative estimate of drug-likeness (QED) is 0.385. The normalized spacial score (nSPS) is 21.3. The molecular weight excluding hydrogens is 533 g/mol. The molecular formula is C31H41Cl2N3O3. The van der Waals surface area contributed by atoms with E-state index in [0.717, 1.165) is 30.5 Å². The van der Waals surface area contributed by atoms with Gasteiger partial charge in [0.15, 0.2) is 0 Å². The van der Waals surface area contributed by atoms with Crippen LogP contribution in [0.3, 0.4) is 0 Å². The zero-order valence-electron chi connectivity index (χ0n) is 23.7. The maximum Gasteiger partial charge on any atom is 0.410 e. The lowest BCUT2D eigenvalue weighted by Gasteiger charge is -2.48. The molecule has 0 aromatic heterocycles. The van der Waals surface area contributed by atoms with Crippen molar-refractivity contribution < 1.29 is 14.3 Å². The van der Waals surface area contributed by atoms with E-state index in [0.29, 0.717) is 36.1 Å². The van der Waals surface area contributed by atoms with Gasteiger partial charge in [-0.1, -0.05) is 47.5 Å². The summed E-state index contributed by atoms with van der Waals surface area (Å²) in [5, 5.41) is 1.42. The molecule has 4 rings (SSSR count). The predicted octanol–water partition coefficient (Wildman–Crippen LogP) is 7.04. The summed E-state index contributed by atoms with van der Waals surface area (Å²) >= 11 is 12.4. The van der Waals surface area contributed by atoms with Crippen molar-refractivity contribution in [3.05, 3.63) is 69.7 Å². The summed E-state index contributed by atoms with van der Waals surface area (Å²) in [6, 6.07) is 16.3. The zero-order chi connectivity index (χ0) is 28.3. The van der Waals surface area contributed by atoms with Crippen molar-refractivity contribution in [2.75, 3.05) is 26.2 Å². The number of halogens is 2. The van der Waals surface area contributed by atoms with Gasteiger partial charge in [0.05, 0.1) is 6.04 Å². The number of piperazine rings is 1. The summed E-state index contributed by atoms with van der Waals surface area (Å²) < 4.78 is 5.51. The second-order valence-corrected chi connectivity index (χ2v) is 12.9. The maximum atomic E-state index is 13.5. The van der Waals surface area contributed by atoms with Crippen LogP contribution in [0.4, 0.5) is 4.79 Å². The average molecular weight is 575 g/mol. The minimum Gasteiger partial charge on any atom is -0.444 e. The Morgan fingerprint density at radius 1 is 0.872 bits per heavy atom. The van der Waals surface area contributed by atoms with Crippen molar-refractivity contribution in [2.45, 2.75) is 77.6 Å². The number of benzene rings is 2. The number of amides is 2. The van der Waals surface area contributed by atoms with Crippen LogP contribution in [-0.4, -0.2) is 70.6 Å². The SMILES string of the molecule is C[C@@H]1CN(C(=O)CC2CCN(C(=O)OC(C)(C)C)CC2)[C@@H](C)CN1C(c1ccc(Cl)cc1)c1ccc(Cl)cc1. The standard InChI is InChI=1S/C31H41Cl2N3O3/c1-21-20-36(29(24-6-10-26(32)11-7-24)25-8-12-27(33)13-9-25)22(2)19-35(21)28(37)18-23-14-16-34(17-15-23)30(38)39-31(3,4)5/h6-13,21-23,29H,14-20H2,1-5H3/t21-,22+/m0/s1. The molecule has 8 heteroatoms. The lowest BCUT2D eigenvalue weighted by atomic mass is 9.91. The van der Waals surface area contributed by atoms with Crippen LogP contribution < -0.4 is 0 Å². The fourth-order valence-electron chi connectivity index (χ4n) is 5.74. The van der Waals surface area contributed by atoms with E-state index in [4.69, 9.17) is 27.9 Å². The number of ether oxygens (including phenoxy) is 1. The largest absolute Gasteiger partial charge is 0.444 e. The molecule has 6 nitrogen and oxygen atoms in total. The molecule has 0 spiro atoms. The lowest BCUT2D eigenvalue weighted by Crippen LogP contribution is -2.59. The monoisotopic (exact) mass is 573 g/mol. The van der Waals surface area contributed by atoms with E-state index in [-0.39, 0.29) is 36.0 Å². The van der Waals surface area contributed by atoms with Crippen molar-refractivity contribution in [1.29, 1.82) is 0 Å². The highest BCUT2D eigenvalue weighted by atomic mass is 35.5. The van der Waals surface area contributed by atoms with Crippen LogP contribution in [0.2, 0.25) is 10.0 Å². The van der Waals surface area contributed by atoms with Gasteiger partial charge in [-0.3, -0.25) is 9.69 Å². The fraction of sp³-hybridized carbons (Fsp3) is 0.548. The Balaban J connectivity index is 1.40. The van der Waals surface area contributed by atoms with E-state index in [9.17, 15) is 9.59 Å². The van der Waals surface area contributed by atoms with Gasteiger partial charge in [-0.25, -0.2) is 4.79 Å². The summed E-state index contributed by atoms with van der Waals surface area (Å²) in [5.74, 6) is 0.492. The first-order chi connectivity index (χ1) is 18.4. The van der Waals surface area contributed by atoms with Gasteiger partial charge in [-0.2, -0.15) is 0 Å². The molecule has 2 amide bonds. The lowest BCUT2D eigenvalue weighted by molar-refractivity contribution is -0.139. The third-order valence-electron chi connectivity index (χ3n) is 7.79. The summed E-state index contributed by atoms with van der Waals surface area (Å²) in [7, 11) is 0. The van der Waals surface area contributed by atoms with Crippen LogP contribution in [-0.2, 0) is 9.53 Å². The number of nitrogens with zero attached hydrogens (tertiary/aromatic N) is 3. The molecule has 0 unspecified atom stereocenters. The van der Waals surface area contributed by atoms with Crippen LogP contribution in [0, 0.1) is 5.92 Å². The highest BCUT2D eigenvalue weighted by molar-refractivity contribution is 6.30. The van der Waals surface area contributed by atoms with Crippen LogP contribution in [0.25, 0.3) is 0 Å². The number of likely N-dealkylation sites (tertiary alicyclic amines) is 1. The summed E-state index contributed by atoms with van der Waals surface area (Å²) in [6.45, 7) is 12.7. The van der Waals surface area contributed by atoms with Gasteiger partial charge in [0.1, 0.15) is 5.60 Å².